The van der Waals surface area contributed by atoms with Crippen LogP contribution in [-0.2, 0) is 9.53 Å². The van der Waals surface area contributed by atoms with Gasteiger partial charge in [-0.3, -0.25) is 19.3 Å². The SMILES string of the molecule is Cc1ccccc1N(C(=O)c1snc(C(N)=O)c1N)C(C(=O)NCC1CCCO1)c1c[nH]c2ccccc12. The fourth-order valence-electron chi connectivity index (χ4n) is 4.77. The molecule has 0 saturated carbocycles. The summed E-state index contributed by atoms with van der Waals surface area (Å²) >= 11 is 0.779. The third kappa shape index (κ3) is 4.73. The highest BCUT2D eigenvalue weighted by Gasteiger charge is 2.38. The lowest BCUT2D eigenvalue weighted by Crippen LogP contribution is -2.45. The van der Waals surface area contributed by atoms with Gasteiger partial charge >= 0.3 is 0 Å². The number of fused-ring (bicyclic) bond motifs is 1. The molecule has 2 atom stereocenters. The molecule has 196 valence electrons. The standard InChI is InChI=1S/C27H28N6O4S/c1-15-7-2-5-11-20(15)33(27(36)24-21(28)22(25(29)34)32-38-24)23(26(35)31-13-16-8-6-12-37-16)18-14-30-19-10-4-3-9-17(18)19/h2-5,7,9-11,14,16,23,30H,6,8,12-13,28H2,1H3,(H2,29,34)(H,31,35). The van der Waals surface area contributed by atoms with Crippen LogP contribution in [-0.4, -0.2) is 46.3 Å². The summed E-state index contributed by atoms with van der Waals surface area (Å²) in [6.45, 7) is 2.84. The van der Waals surface area contributed by atoms with Crippen molar-refractivity contribution >= 4 is 51.5 Å². The number of ether oxygens (including phenoxy) is 1. The minimum Gasteiger partial charge on any atom is -0.395 e. The van der Waals surface area contributed by atoms with Crippen molar-refractivity contribution in [3.8, 4) is 0 Å². The summed E-state index contributed by atoms with van der Waals surface area (Å²) in [6, 6.07) is 13.8. The fraction of sp³-hybridized carbons (Fsp3) is 0.259. The first kappa shape index (κ1) is 25.4. The number of nitrogens with zero attached hydrogens (tertiary/aromatic N) is 2. The van der Waals surface area contributed by atoms with E-state index >= 15 is 0 Å². The molecular weight excluding hydrogens is 504 g/mol. The molecule has 2 aromatic heterocycles. The first-order valence-corrected chi connectivity index (χ1v) is 13.0. The number of primary amides is 1. The van der Waals surface area contributed by atoms with Crippen LogP contribution in [0.1, 0.15) is 50.2 Å². The molecule has 6 N–H and O–H groups in total. The number of aromatic amines is 1. The number of hydrogen-bond donors (Lipinski definition) is 4. The molecule has 2 aromatic carbocycles. The summed E-state index contributed by atoms with van der Waals surface area (Å²) < 4.78 is 9.71. The van der Waals surface area contributed by atoms with Crippen LogP contribution in [0.4, 0.5) is 11.4 Å². The zero-order valence-electron chi connectivity index (χ0n) is 20.8. The second kappa shape index (κ2) is 10.6. The minimum atomic E-state index is -1.07. The number of hydrogen-bond acceptors (Lipinski definition) is 7. The topological polar surface area (TPSA) is 156 Å². The normalized spacial score (nSPS) is 15.9. The van der Waals surface area contributed by atoms with Crippen molar-refractivity contribution in [2.45, 2.75) is 31.9 Å². The molecule has 0 aliphatic carbocycles. The van der Waals surface area contributed by atoms with Crippen molar-refractivity contribution in [2.75, 3.05) is 23.8 Å². The number of anilines is 2. The van der Waals surface area contributed by atoms with Gasteiger partial charge in [0.25, 0.3) is 11.8 Å². The highest BCUT2D eigenvalue weighted by Crippen LogP contribution is 2.37. The van der Waals surface area contributed by atoms with E-state index in [1.807, 2.05) is 43.3 Å². The summed E-state index contributed by atoms with van der Waals surface area (Å²) in [7, 11) is 0. The second-order valence-corrected chi connectivity index (χ2v) is 9.95. The van der Waals surface area contributed by atoms with Crippen LogP contribution in [0.5, 0.6) is 0 Å². The monoisotopic (exact) mass is 532 g/mol. The number of aryl methyl sites for hydroxylation is 1. The lowest BCUT2D eigenvalue weighted by atomic mass is 10.0. The second-order valence-electron chi connectivity index (χ2n) is 9.17. The Labute approximate surface area is 223 Å². The summed E-state index contributed by atoms with van der Waals surface area (Å²) in [4.78, 5) is 44.7. The first-order chi connectivity index (χ1) is 18.4. The van der Waals surface area contributed by atoms with Gasteiger partial charge in [0.05, 0.1) is 11.8 Å². The van der Waals surface area contributed by atoms with E-state index in [0.29, 0.717) is 24.4 Å². The molecule has 0 bridgehead atoms. The number of aromatic nitrogens is 2. The molecule has 5 rings (SSSR count). The maximum Gasteiger partial charge on any atom is 0.273 e. The molecule has 0 radical (unpaired) electrons. The van der Waals surface area contributed by atoms with E-state index in [9.17, 15) is 14.4 Å². The van der Waals surface area contributed by atoms with Crippen LogP contribution in [0.15, 0.2) is 54.7 Å². The third-order valence-electron chi connectivity index (χ3n) is 6.70. The minimum absolute atomic E-state index is 0.0267. The van der Waals surface area contributed by atoms with Gasteiger partial charge in [0.15, 0.2) is 5.69 Å². The zero-order chi connectivity index (χ0) is 26.8. The van der Waals surface area contributed by atoms with Gasteiger partial charge in [-0.1, -0.05) is 36.4 Å². The van der Waals surface area contributed by atoms with E-state index in [0.717, 1.165) is 40.8 Å². The predicted molar refractivity (Wildman–Crippen MR) is 146 cm³/mol. The molecule has 4 aromatic rings. The van der Waals surface area contributed by atoms with E-state index in [2.05, 4.69) is 14.7 Å². The van der Waals surface area contributed by atoms with Gasteiger partial charge < -0.3 is 26.5 Å². The molecule has 0 spiro atoms. The number of rotatable bonds is 8. The number of benzene rings is 2. The van der Waals surface area contributed by atoms with E-state index in [4.69, 9.17) is 16.2 Å². The lowest BCUT2D eigenvalue weighted by molar-refractivity contribution is -0.123. The summed E-state index contributed by atoms with van der Waals surface area (Å²) in [5.74, 6) is -1.77. The molecule has 1 aliphatic rings. The molecule has 11 heteroatoms. The van der Waals surface area contributed by atoms with Crippen molar-refractivity contribution in [1.29, 1.82) is 0 Å². The maximum absolute atomic E-state index is 14.2. The first-order valence-electron chi connectivity index (χ1n) is 12.3. The number of nitrogens with two attached hydrogens (primary N) is 2. The Morgan fingerprint density at radius 3 is 2.68 bits per heavy atom. The van der Waals surface area contributed by atoms with Gasteiger partial charge in [-0.15, -0.1) is 0 Å². The molecule has 10 nitrogen and oxygen atoms in total. The van der Waals surface area contributed by atoms with Crippen molar-refractivity contribution < 1.29 is 19.1 Å². The Kier molecular flexibility index (Phi) is 7.12. The number of para-hydroxylation sites is 2. The van der Waals surface area contributed by atoms with Gasteiger partial charge in [0.2, 0.25) is 5.91 Å². The van der Waals surface area contributed by atoms with E-state index in [1.165, 1.54) is 4.90 Å². The highest BCUT2D eigenvalue weighted by atomic mass is 32.1. The number of H-pyrrole nitrogens is 1. The number of nitrogen functional groups attached to an aromatic ring is 1. The maximum atomic E-state index is 14.2. The molecule has 3 heterocycles. The van der Waals surface area contributed by atoms with Crippen molar-refractivity contribution in [2.24, 2.45) is 5.73 Å². The fourth-order valence-corrected chi connectivity index (χ4v) is 5.51. The van der Waals surface area contributed by atoms with Crippen molar-refractivity contribution in [3.63, 3.8) is 0 Å². The molecule has 2 unspecified atom stereocenters. The smallest absolute Gasteiger partial charge is 0.273 e. The molecular formula is C27H28N6O4S. The van der Waals surface area contributed by atoms with Crippen LogP contribution in [0.3, 0.4) is 0 Å². The van der Waals surface area contributed by atoms with Gasteiger partial charge in [0, 0.05) is 41.5 Å². The molecule has 3 amide bonds. The Morgan fingerprint density at radius 2 is 1.97 bits per heavy atom. The van der Waals surface area contributed by atoms with Crippen LogP contribution in [0.2, 0.25) is 0 Å². The lowest BCUT2D eigenvalue weighted by Gasteiger charge is -2.32. The van der Waals surface area contributed by atoms with Gasteiger partial charge in [-0.05, 0) is 49.0 Å². The highest BCUT2D eigenvalue weighted by molar-refractivity contribution is 7.09. The largest absolute Gasteiger partial charge is 0.395 e. The number of carbonyl (C=O) groups excluding carboxylic acids is 3. The average molecular weight is 533 g/mol. The molecule has 38 heavy (non-hydrogen) atoms. The number of amides is 3. The zero-order valence-corrected chi connectivity index (χ0v) is 21.6. The van der Waals surface area contributed by atoms with Crippen LogP contribution in [0.25, 0.3) is 10.9 Å². The predicted octanol–water partition coefficient (Wildman–Crippen LogP) is 3.30. The van der Waals surface area contributed by atoms with Crippen LogP contribution < -0.4 is 21.7 Å². The van der Waals surface area contributed by atoms with Crippen molar-refractivity contribution in [3.05, 3.63) is 76.4 Å². The summed E-state index contributed by atoms with van der Waals surface area (Å²) in [5, 5.41) is 3.80. The summed E-state index contributed by atoms with van der Waals surface area (Å²) in [6.07, 6.45) is 3.45. The number of nitrogens with one attached hydrogen (secondary N) is 2. The Morgan fingerprint density at radius 1 is 1.21 bits per heavy atom. The van der Waals surface area contributed by atoms with Gasteiger partial charge in [-0.25, -0.2) is 0 Å². The summed E-state index contributed by atoms with van der Waals surface area (Å²) in [5.41, 5.74) is 14.0. The molecule has 1 fully saturated rings. The Balaban J connectivity index is 1.66. The molecule has 1 aliphatic heterocycles. The van der Waals surface area contributed by atoms with E-state index < -0.39 is 17.9 Å². The Hall–Kier alpha value is -4.22. The average Bonchev–Trinajstić information content (AvgIpc) is 3.66. The number of carbonyl (C=O) groups is 3. The van der Waals surface area contributed by atoms with Crippen molar-refractivity contribution in [1.82, 2.24) is 14.7 Å². The quantitative estimate of drug-likeness (QED) is 0.273. The van der Waals surface area contributed by atoms with Gasteiger partial charge in [0.1, 0.15) is 10.9 Å². The third-order valence-corrected chi connectivity index (χ3v) is 7.55. The van der Waals surface area contributed by atoms with Crippen LogP contribution in [0, 0.1) is 6.92 Å². The Bertz CT molecular complexity index is 1510. The van der Waals surface area contributed by atoms with Crippen LogP contribution >= 0.6 is 11.5 Å². The molecule has 1 saturated heterocycles. The van der Waals surface area contributed by atoms with E-state index in [1.54, 1.807) is 18.3 Å². The van der Waals surface area contributed by atoms with Gasteiger partial charge in [-0.2, -0.15) is 4.37 Å². The van der Waals surface area contributed by atoms with E-state index in [-0.39, 0.29) is 28.3 Å².